The van der Waals surface area contributed by atoms with Gasteiger partial charge in [0.15, 0.2) is 5.65 Å². The summed E-state index contributed by atoms with van der Waals surface area (Å²) < 4.78 is 8.05. The highest BCUT2D eigenvalue weighted by Gasteiger charge is 2.32. The number of piperidine rings is 1. The van der Waals surface area contributed by atoms with Crippen LogP contribution >= 0.6 is 0 Å². The number of benzene rings is 1. The Labute approximate surface area is 206 Å². The fraction of sp³-hybridized carbons (Fsp3) is 0.500. The Morgan fingerprint density at radius 2 is 2.00 bits per heavy atom. The van der Waals surface area contributed by atoms with Gasteiger partial charge in [0, 0.05) is 45.4 Å². The molecule has 2 bridgehead atoms. The number of amides is 1. The summed E-state index contributed by atoms with van der Waals surface area (Å²) in [5.74, 6) is 2.42. The van der Waals surface area contributed by atoms with Crippen LogP contribution in [0.4, 0.5) is 11.6 Å². The van der Waals surface area contributed by atoms with Gasteiger partial charge in [-0.25, -0.2) is 4.98 Å². The van der Waals surface area contributed by atoms with E-state index in [-0.39, 0.29) is 11.9 Å². The summed E-state index contributed by atoms with van der Waals surface area (Å²) >= 11 is 0. The van der Waals surface area contributed by atoms with Crippen molar-refractivity contribution in [3.05, 3.63) is 47.2 Å². The highest BCUT2D eigenvalue weighted by Crippen LogP contribution is 2.35. The molecule has 0 saturated carbocycles. The van der Waals surface area contributed by atoms with E-state index in [0.717, 1.165) is 67.2 Å². The van der Waals surface area contributed by atoms with Crippen molar-refractivity contribution in [3.8, 4) is 5.75 Å². The van der Waals surface area contributed by atoms with Gasteiger partial charge in [-0.15, -0.1) is 0 Å². The molecular formula is C26H35N7O2. The molecule has 0 aliphatic carbocycles. The number of hydrogen-bond acceptors (Lipinski definition) is 7. The van der Waals surface area contributed by atoms with Gasteiger partial charge < -0.3 is 25.6 Å². The molecule has 4 heterocycles. The van der Waals surface area contributed by atoms with Gasteiger partial charge in [-0.3, -0.25) is 4.79 Å². The maximum Gasteiger partial charge on any atom is 0.258 e. The van der Waals surface area contributed by atoms with Gasteiger partial charge in [-0.2, -0.15) is 9.61 Å². The summed E-state index contributed by atoms with van der Waals surface area (Å²) in [6.07, 6.45) is 4.75. The molecule has 1 amide bonds. The van der Waals surface area contributed by atoms with Gasteiger partial charge in [-0.1, -0.05) is 11.6 Å². The van der Waals surface area contributed by atoms with Crippen LogP contribution in [0.25, 0.3) is 5.65 Å². The lowest BCUT2D eigenvalue weighted by Crippen LogP contribution is -2.39. The van der Waals surface area contributed by atoms with E-state index < -0.39 is 0 Å². The van der Waals surface area contributed by atoms with Crippen LogP contribution in [-0.4, -0.2) is 65.2 Å². The average molecular weight is 478 g/mol. The number of nitrogens with zero attached hydrogens (tertiary/aromatic N) is 5. The summed E-state index contributed by atoms with van der Waals surface area (Å²) in [4.78, 5) is 22.9. The number of ether oxygens (including phenoxy) is 1. The van der Waals surface area contributed by atoms with Crippen LogP contribution in [-0.2, 0) is 0 Å². The number of anilines is 2. The zero-order chi connectivity index (χ0) is 24.4. The lowest BCUT2D eigenvalue weighted by molar-refractivity contribution is 0.0601. The second-order valence-electron chi connectivity index (χ2n) is 9.54. The number of nitrogens with one attached hydrogen (secondary N) is 1. The fourth-order valence-corrected chi connectivity index (χ4v) is 5.02. The molecule has 1 fully saturated rings. The molecule has 2 aliphatic heterocycles. The quantitative estimate of drug-likeness (QED) is 0.596. The topological polar surface area (TPSA) is 101 Å². The van der Waals surface area contributed by atoms with Gasteiger partial charge in [-0.05, 0) is 51.2 Å². The molecule has 3 aromatic rings. The van der Waals surface area contributed by atoms with Crippen LogP contribution in [0.15, 0.2) is 30.3 Å². The zero-order valence-electron chi connectivity index (χ0n) is 20.7. The molecule has 2 aromatic heterocycles. The molecule has 0 spiro atoms. The number of nitrogens with two attached hydrogens (primary N) is 1. The molecule has 1 atom stereocenters. The summed E-state index contributed by atoms with van der Waals surface area (Å²) in [5, 5.41) is 8.31. The summed E-state index contributed by atoms with van der Waals surface area (Å²) in [5.41, 5.74) is 9.04. The number of aryl methyl sites for hydroxylation is 1. The van der Waals surface area contributed by atoms with E-state index in [2.05, 4.69) is 17.3 Å². The predicted molar refractivity (Wildman–Crippen MR) is 137 cm³/mol. The number of fused-ring (bicyclic) bond motifs is 4. The highest BCUT2D eigenvalue weighted by molar-refractivity contribution is 5.97. The third-order valence-corrected chi connectivity index (χ3v) is 6.88. The molecular weight excluding hydrogens is 442 g/mol. The first-order chi connectivity index (χ1) is 17.0. The molecule has 3 N–H and O–H groups in total. The first kappa shape index (κ1) is 23.4. The largest absolute Gasteiger partial charge is 0.493 e. The smallest absolute Gasteiger partial charge is 0.258 e. The van der Waals surface area contributed by atoms with E-state index in [9.17, 15) is 4.79 Å². The maximum absolute atomic E-state index is 13.9. The maximum atomic E-state index is 13.9. The third-order valence-electron chi connectivity index (χ3n) is 6.88. The van der Waals surface area contributed by atoms with Gasteiger partial charge in [0.25, 0.3) is 5.91 Å². The summed E-state index contributed by atoms with van der Waals surface area (Å²) in [6, 6.07) is 9.84. The fourth-order valence-electron chi connectivity index (χ4n) is 5.02. The highest BCUT2D eigenvalue weighted by atomic mass is 16.5. The van der Waals surface area contributed by atoms with Gasteiger partial charge in [0.05, 0.1) is 23.9 Å². The van der Waals surface area contributed by atoms with Gasteiger partial charge >= 0.3 is 0 Å². The van der Waals surface area contributed by atoms with Crippen molar-refractivity contribution in [2.24, 2.45) is 5.73 Å². The van der Waals surface area contributed by atoms with Crippen LogP contribution in [0.2, 0.25) is 0 Å². The zero-order valence-corrected chi connectivity index (χ0v) is 20.7. The van der Waals surface area contributed by atoms with E-state index >= 15 is 0 Å². The van der Waals surface area contributed by atoms with Crippen molar-refractivity contribution in [2.75, 3.05) is 50.1 Å². The molecule has 1 aromatic carbocycles. The van der Waals surface area contributed by atoms with Crippen LogP contribution in [0.3, 0.4) is 0 Å². The Morgan fingerprint density at radius 3 is 2.86 bits per heavy atom. The van der Waals surface area contributed by atoms with Crippen molar-refractivity contribution >= 4 is 23.2 Å². The second-order valence-corrected chi connectivity index (χ2v) is 9.54. The van der Waals surface area contributed by atoms with Crippen molar-refractivity contribution in [2.45, 2.75) is 45.1 Å². The lowest BCUT2D eigenvalue weighted by Gasteiger charge is -2.35. The van der Waals surface area contributed by atoms with Crippen LogP contribution < -0.4 is 20.7 Å². The molecule has 35 heavy (non-hydrogen) atoms. The predicted octanol–water partition coefficient (Wildman–Crippen LogP) is 3.38. The number of rotatable bonds is 3. The molecule has 1 saturated heterocycles. The van der Waals surface area contributed by atoms with E-state index in [4.69, 9.17) is 20.6 Å². The number of carbonyl (C=O) groups is 1. The minimum absolute atomic E-state index is 0.0101. The van der Waals surface area contributed by atoms with Crippen molar-refractivity contribution in [1.29, 1.82) is 0 Å². The van der Waals surface area contributed by atoms with Gasteiger partial charge in [0.1, 0.15) is 17.4 Å². The standard InChI is InChI=1S/C26H35N7O2/c1-18-8-9-22-19(15-18)26(34)32-13-4-3-7-21(32)20-16-24-29-23(28-11-10-27)17-25(33(24)30-20)31(2)12-5-6-14-35-22/h8-9,15-17,21H,3-7,10-14,27H2,1-2H3,(H,28,29). The van der Waals surface area contributed by atoms with Crippen LogP contribution in [0.1, 0.15) is 59.8 Å². The van der Waals surface area contributed by atoms with E-state index in [0.29, 0.717) is 37.6 Å². The molecule has 5 rings (SSSR count). The SMILES string of the molecule is Cc1ccc2c(c1)C(=O)N1CCCCC1c1cc3nc(NCCN)cc(n3n1)N(C)CCCCO2. The van der Waals surface area contributed by atoms with Crippen LogP contribution in [0.5, 0.6) is 5.75 Å². The Bertz CT molecular complexity index is 1210. The Balaban J connectivity index is 1.61. The summed E-state index contributed by atoms with van der Waals surface area (Å²) in [7, 11) is 2.08. The number of carbonyl (C=O) groups excluding carboxylic acids is 1. The van der Waals surface area contributed by atoms with Gasteiger partial charge in [0.2, 0.25) is 0 Å². The van der Waals surface area contributed by atoms with Crippen molar-refractivity contribution in [1.82, 2.24) is 19.5 Å². The molecule has 9 heteroatoms. The van der Waals surface area contributed by atoms with E-state index in [1.807, 2.05) is 46.7 Å². The summed E-state index contributed by atoms with van der Waals surface area (Å²) in [6.45, 7) is 5.31. The molecule has 186 valence electrons. The monoisotopic (exact) mass is 477 g/mol. The molecule has 9 nitrogen and oxygen atoms in total. The minimum atomic E-state index is -0.102. The molecule has 1 unspecified atom stereocenters. The Hall–Kier alpha value is -3.33. The second kappa shape index (κ2) is 10.1. The number of hydrogen-bond donors (Lipinski definition) is 2. The molecule has 2 aliphatic rings. The van der Waals surface area contributed by atoms with E-state index in [1.165, 1.54) is 0 Å². The average Bonchev–Trinajstić information content (AvgIpc) is 3.30. The Morgan fingerprint density at radius 1 is 1.14 bits per heavy atom. The normalized spacial score (nSPS) is 19.1. The Kier molecular flexibility index (Phi) is 6.77. The van der Waals surface area contributed by atoms with Crippen molar-refractivity contribution in [3.63, 3.8) is 0 Å². The molecule has 0 radical (unpaired) electrons. The first-order valence-electron chi connectivity index (χ1n) is 12.7. The lowest BCUT2D eigenvalue weighted by atomic mass is 9.97. The third kappa shape index (κ3) is 4.77. The minimum Gasteiger partial charge on any atom is -0.493 e. The van der Waals surface area contributed by atoms with Crippen LogP contribution in [0, 0.1) is 6.92 Å². The van der Waals surface area contributed by atoms with E-state index in [1.54, 1.807) is 0 Å². The number of aromatic nitrogens is 3. The first-order valence-corrected chi connectivity index (χ1v) is 12.7. The van der Waals surface area contributed by atoms with Crippen molar-refractivity contribution < 1.29 is 9.53 Å².